The molecule has 1 atom stereocenters. The summed E-state index contributed by atoms with van der Waals surface area (Å²) in [6.45, 7) is 5.64. The summed E-state index contributed by atoms with van der Waals surface area (Å²) < 4.78 is 2.01. The van der Waals surface area contributed by atoms with Crippen LogP contribution >= 0.6 is 35.3 Å². The number of aryl methyl sites for hydroxylation is 1. The van der Waals surface area contributed by atoms with Gasteiger partial charge >= 0.3 is 0 Å². The number of hydrogen-bond acceptors (Lipinski definition) is 5. The molecule has 0 aliphatic rings. The van der Waals surface area contributed by atoms with Crippen LogP contribution in [0.3, 0.4) is 0 Å². The molecule has 9 heteroatoms. The zero-order valence-electron chi connectivity index (χ0n) is 16.1. The Hall–Kier alpha value is -1.72. The van der Waals surface area contributed by atoms with Crippen LogP contribution in [0, 0.1) is 0 Å². The second kappa shape index (κ2) is 10.7. The van der Waals surface area contributed by atoms with E-state index < -0.39 is 5.60 Å². The van der Waals surface area contributed by atoms with Gasteiger partial charge in [0.15, 0.2) is 11.6 Å². The van der Waals surface area contributed by atoms with Crippen molar-refractivity contribution in [3.8, 4) is 0 Å². The van der Waals surface area contributed by atoms with E-state index in [1.54, 1.807) is 18.3 Å². The smallest absolute Gasteiger partial charge is 0.191 e. The van der Waals surface area contributed by atoms with Crippen molar-refractivity contribution < 1.29 is 5.11 Å². The summed E-state index contributed by atoms with van der Waals surface area (Å²) in [5, 5.41) is 29.5. The normalized spacial score (nSPS) is 13.8. The van der Waals surface area contributed by atoms with Gasteiger partial charge in [0.05, 0.1) is 6.54 Å². The fourth-order valence-electron chi connectivity index (χ4n) is 2.75. The maximum Gasteiger partial charge on any atom is 0.191 e. The van der Waals surface area contributed by atoms with Gasteiger partial charge in [-0.15, -0.1) is 34.2 Å². The molecular formula is C19H27IN6OS. The average Bonchev–Trinajstić information content (AvgIpc) is 3.34. The maximum absolute atomic E-state index is 10.6. The van der Waals surface area contributed by atoms with Gasteiger partial charge in [-0.1, -0.05) is 6.07 Å². The van der Waals surface area contributed by atoms with Crippen LogP contribution < -0.4 is 10.6 Å². The molecule has 152 valence electrons. The first-order valence-corrected chi connectivity index (χ1v) is 10.1. The van der Waals surface area contributed by atoms with Crippen LogP contribution in [0.5, 0.6) is 0 Å². The number of pyridine rings is 1. The van der Waals surface area contributed by atoms with E-state index in [1.807, 2.05) is 52.5 Å². The second-order valence-electron chi connectivity index (χ2n) is 6.56. The van der Waals surface area contributed by atoms with E-state index in [0.717, 1.165) is 43.0 Å². The number of aliphatic imine (C=N–C) groups is 1. The van der Waals surface area contributed by atoms with E-state index in [0.29, 0.717) is 12.5 Å². The Kier molecular flexibility index (Phi) is 8.64. The molecule has 0 spiro atoms. The monoisotopic (exact) mass is 514 g/mol. The van der Waals surface area contributed by atoms with Crippen LogP contribution in [0.1, 0.15) is 31.7 Å². The maximum atomic E-state index is 10.6. The summed E-state index contributed by atoms with van der Waals surface area (Å²) in [5.74, 6) is 1.66. The molecule has 0 saturated carbocycles. The standard InChI is InChI=1S/C19H26N6OS.HI/c1-3-20-18(22-14-19(2,26)15-9-12-27-13-15)21-10-6-8-17-24-23-16-7-4-5-11-25(16)17;/h4-5,7,9,11-13,26H,3,6,8,10,14H2,1-2H3,(H2,20,21,22);1H. The number of nitrogens with one attached hydrogen (secondary N) is 2. The molecule has 3 rings (SSSR count). The minimum atomic E-state index is -0.969. The van der Waals surface area contributed by atoms with E-state index in [4.69, 9.17) is 0 Å². The van der Waals surface area contributed by atoms with E-state index in [9.17, 15) is 5.11 Å². The van der Waals surface area contributed by atoms with Crippen molar-refractivity contribution in [3.05, 3.63) is 52.6 Å². The SMILES string of the molecule is CCNC(=NCC(C)(O)c1ccsc1)NCCCc1nnc2ccccn12.I. The van der Waals surface area contributed by atoms with Crippen molar-refractivity contribution in [3.63, 3.8) is 0 Å². The zero-order valence-corrected chi connectivity index (χ0v) is 19.3. The molecule has 3 N–H and O–H groups in total. The van der Waals surface area contributed by atoms with Crippen LogP contribution in [-0.4, -0.2) is 45.3 Å². The van der Waals surface area contributed by atoms with Gasteiger partial charge < -0.3 is 15.7 Å². The van der Waals surface area contributed by atoms with Crippen molar-refractivity contribution in [1.29, 1.82) is 0 Å². The van der Waals surface area contributed by atoms with Crippen LogP contribution in [0.2, 0.25) is 0 Å². The van der Waals surface area contributed by atoms with Gasteiger partial charge in [-0.25, -0.2) is 4.99 Å². The van der Waals surface area contributed by atoms with Crippen molar-refractivity contribution >= 4 is 46.9 Å². The number of guanidine groups is 1. The summed E-state index contributed by atoms with van der Waals surface area (Å²) in [5.41, 5.74) is 0.791. The van der Waals surface area contributed by atoms with Gasteiger partial charge in [0, 0.05) is 25.7 Å². The summed E-state index contributed by atoms with van der Waals surface area (Å²) in [7, 11) is 0. The quantitative estimate of drug-likeness (QED) is 0.186. The molecule has 0 aromatic carbocycles. The van der Waals surface area contributed by atoms with Gasteiger partial charge in [-0.3, -0.25) is 4.40 Å². The van der Waals surface area contributed by atoms with E-state index >= 15 is 0 Å². The summed E-state index contributed by atoms with van der Waals surface area (Å²) >= 11 is 1.57. The molecule has 0 aliphatic carbocycles. The highest BCUT2D eigenvalue weighted by atomic mass is 127. The Morgan fingerprint density at radius 3 is 2.89 bits per heavy atom. The van der Waals surface area contributed by atoms with Crippen molar-refractivity contribution in [2.24, 2.45) is 4.99 Å². The summed E-state index contributed by atoms with van der Waals surface area (Å²) in [4.78, 5) is 4.54. The third-order valence-corrected chi connectivity index (χ3v) is 4.97. The average molecular weight is 514 g/mol. The lowest BCUT2D eigenvalue weighted by atomic mass is 10.00. The van der Waals surface area contributed by atoms with Gasteiger partial charge in [-0.2, -0.15) is 11.3 Å². The van der Waals surface area contributed by atoms with Crippen molar-refractivity contribution in [1.82, 2.24) is 25.2 Å². The molecule has 1 unspecified atom stereocenters. The Morgan fingerprint density at radius 1 is 1.29 bits per heavy atom. The van der Waals surface area contributed by atoms with Crippen LogP contribution in [0.15, 0.2) is 46.2 Å². The predicted octanol–water partition coefficient (Wildman–Crippen LogP) is 2.80. The van der Waals surface area contributed by atoms with E-state index in [-0.39, 0.29) is 24.0 Å². The molecule has 28 heavy (non-hydrogen) atoms. The lowest BCUT2D eigenvalue weighted by molar-refractivity contribution is 0.0677. The molecule has 0 bridgehead atoms. The first-order valence-electron chi connectivity index (χ1n) is 9.16. The third-order valence-electron chi connectivity index (χ3n) is 4.29. The third kappa shape index (κ3) is 5.89. The Morgan fingerprint density at radius 2 is 2.14 bits per heavy atom. The molecule has 0 saturated heterocycles. The van der Waals surface area contributed by atoms with E-state index in [2.05, 4.69) is 25.8 Å². The van der Waals surface area contributed by atoms with Gasteiger partial charge in [0.1, 0.15) is 11.4 Å². The first-order chi connectivity index (χ1) is 13.1. The summed E-state index contributed by atoms with van der Waals surface area (Å²) in [6.07, 6.45) is 3.71. The lowest BCUT2D eigenvalue weighted by Gasteiger charge is -2.21. The molecule has 3 aromatic heterocycles. The molecule has 0 fully saturated rings. The lowest BCUT2D eigenvalue weighted by Crippen LogP contribution is -2.39. The number of fused-ring (bicyclic) bond motifs is 1. The fraction of sp³-hybridized carbons (Fsp3) is 0.421. The van der Waals surface area contributed by atoms with Gasteiger partial charge in [-0.05, 0) is 54.8 Å². The summed E-state index contributed by atoms with van der Waals surface area (Å²) in [6, 6.07) is 7.82. The topological polar surface area (TPSA) is 86.8 Å². The van der Waals surface area contributed by atoms with E-state index in [1.165, 1.54) is 0 Å². The molecule has 0 radical (unpaired) electrons. The van der Waals surface area contributed by atoms with Crippen molar-refractivity contribution in [2.75, 3.05) is 19.6 Å². The number of thiophene rings is 1. The Balaban J connectivity index is 0.00000280. The highest BCUT2D eigenvalue weighted by Gasteiger charge is 2.23. The van der Waals surface area contributed by atoms with Crippen molar-refractivity contribution in [2.45, 2.75) is 32.3 Å². The Bertz CT molecular complexity index is 878. The molecule has 3 aromatic rings. The molecule has 0 aliphatic heterocycles. The first kappa shape index (κ1) is 22.6. The fourth-order valence-corrected chi connectivity index (χ4v) is 3.53. The predicted molar refractivity (Wildman–Crippen MR) is 125 cm³/mol. The highest BCUT2D eigenvalue weighted by molar-refractivity contribution is 14.0. The molecule has 0 amide bonds. The molecular weight excluding hydrogens is 487 g/mol. The Labute approximate surface area is 186 Å². The largest absolute Gasteiger partial charge is 0.383 e. The number of aliphatic hydroxyl groups is 1. The van der Waals surface area contributed by atoms with Crippen LogP contribution in [-0.2, 0) is 12.0 Å². The number of aromatic nitrogens is 3. The number of nitrogens with zero attached hydrogens (tertiary/aromatic N) is 4. The molecule has 7 nitrogen and oxygen atoms in total. The minimum Gasteiger partial charge on any atom is -0.383 e. The zero-order chi connectivity index (χ0) is 19.1. The van der Waals surface area contributed by atoms with Crippen LogP contribution in [0.4, 0.5) is 0 Å². The van der Waals surface area contributed by atoms with Crippen LogP contribution in [0.25, 0.3) is 5.65 Å². The van der Waals surface area contributed by atoms with Gasteiger partial charge in [0.25, 0.3) is 0 Å². The number of hydrogen-bond donors (Lipinski definition) is 3. The number of rotatable bonds is 8. The molecule has 3 heterocycles. The van der Waals surface area contributed by atoms with Gasteiger partial charge in [0.2, 0.25) is 0 Å². The number of halogens is 1. The minimum absolute atomic E-state index is 0. The highest BCUT2D eigenvalue weighted by Crippen LogP contribution is 2.23. The second-order valence-corrected chi connectivity index (χ2v) is 7.34.